The van der Waals surface area contributed by atoms with Gasteiger partial charge in [-0.05, 0) is 51.3 Å². The Morgan fingerprint density at radius 1 is 1.15 bits per heavy atom. The van der Waals surface area contributed by atoms with E-state index in [9.17, 15) is 0 Å². The van der Waals surface area contributed by atoms with Crippen molar-refractivity contribution in [2.75, 3.05) is 11.9 Å². The Labute approximate surface area is 124 Å². The third-order valence-electron chi connectivity index (χ3n) is 3.56. The number of hydrogen-bond donors (Lipinski definition) is 2. The molecule has 0 aliphatic carbocycles. The van der Waals surface area contributed by atoms with E-state index in [0.717, 1.165) is 30.5 Å². The number of rotatable bonds is 7. The van der Waals surface area contributed by atoms with Gasteiger partial charge in [0.1, 0.15) is 5.82 Å². The molecule has 0 spiro atoms. The van der Waals surface area contributed by atoms with Gasteiger partial charge in [0.25, 0.3) is 0 Å². The van der Waals surface area contributed by atoms with Crippen LogP contribution in [0, 0.1) is 12.8 Å². The molecule has 0 aliphatic heterocycles. The predicted molar refractivity (Wildman–Crippen MR) is 88.1 cm³/mol. The van der Waals surface area contributed by atoms with Crippen molar-refractivity contribution in [2.45, 2.75) is 66.5 Å². The lowest BCUT2D eigenvalue weighted by atomic mass is 10.0. The molecule has 3 nitrogen and oxygen atoms in total. The topological polar surface area (TPSA) is 37.0 Å². The average molecular weight is 277 g/mol. The van der Waals surface area contributed by atoms with E-state index in [4.69, 9.17) is 0 Å². The molecule has 0 amide bonds. The summed E-state index contributed by atoms with van der Waals surface area (Å²) in [7, 11) is 0. The highest BCUT2D eigenvalue weighted by molar-refractivity contribution is 5.39. The van der Waals surface area contributed by atoms with Crippen molar-refractivity contribution in [3.63, 3.8) is 0 Å². The lowest BCUT2D eigenvalue weighted by Crippen LogP contribution is -2.35. The minimum absolute atomic E-state index is 0.139. The summed E-state index contributed by atoms with van der Waals surface area (Å²) in [6, 6.07) is 4.31. The Hall–Kier alpha value is -1.09. The molecule has 3 heteroatoms. The van der Waals surface area contributed by atoms with Crippen molar-refractivity contribution in [3.05, 3.63) is 23.4 Å². The van der Waals surface area contributed by atoms with Crippen LogP contribution in [0.25, 0.3) is 0 Å². The highest BCUT2D eigenvalue weighted by Crippen LogP contribution is 2.14. The third kappa shape index (κ3) is 6.38. The molecule has 0 aliphatic rings. The monoisotopic (exact) mass is 277 g/mol. The van der Waals surface area contributed by atoms with Crippen molar-refractivity contribution in [1.29, 1.82) is 0 Å². The minimum atomic E-state index is 0.139. The normalized spacial score (nSPS) is 11.9. The van der Waals surface area contributed by atoms with E-state index >= 15 is 0 Å². The molecule has 114 valence electrons. The van der Waals surface area contributed by atoms with Crippen molar-refractivity contribution >= 4 is 5.82 Å². The third-order valence-corrected chi connectivity index (χ3v) is 3.56. The fraction of sp³-hybridized carbons (Fsp3) is 0.706. The largest absolute Gasteiger partial charge is 0.370 e. The minimum Gasteiger partial charge on any atom is -0.370 e. The highest BCUT2D eigenvalue weighted by atomic mass is 15.0. The van der Waals surface area contributed by atoms with Gasteiger partial charge in [-0.15, -0.1) is 0 Å². The second-order valence-corrected chi connectivity index (χ2v) is 6.67. The maximum Gasteiger partial charge on any atom is 0.126 e. The van der Waals surface area contributed by atoms with Gasteiger partial charge >= 0.3 is 0 Å². The van der Waals surface area contributed by atoms with Gasteiger partial charge in [-0.1, -0.05) is 26.7 Å². The second-order valence-electron chi connectivity index (χ2n) is 6.67. The number of nitrogens with zero attached hydrogens (tertiary/aromatic N) is 1. The van der Waals surface area contributed by atoms with Gasteiger partial charge in [0.2, 0.25) is 0 Å². The van der Waals surface area contributed by atoms with Gasteiger partial charge in [0.05, 0.1) is 0 Å². The zero-order chi connectivity index (χ0) is 15.2. The molecule has 20 heavy (non-hydrogen) atoms. The van der Waals surface area contributed by atoms with Crippen molar-refractivity contribution in [2.24, 2.45) is 5.92 Å². The van der Waals surface area contributed by atoms with Gasteiger partial charge < -0.3 is 10.6 Å². The zero-order valence-electron chi connectivity index (χ0n) is 14.0. The van der Waals surface area contributed by atoms with Crippen LogP contribution in [0.4, 0.5) is 5.82 Å². The summed E-state index contributed by atoms with van der Waals surface area (Å²) < 4.78 is 0. The number of nitrogens with one attached hydrogen (secondary N) is 2. The molecule has 1 aromatic rings. The van der Waals surface area contributed by atoms with Crippen LogP contribution in [0.1, 0.15) is 58.7 Å². The van der Waals surface area contributed by atoms with Crippen molar-refractivity contribution in [1.82, 2.24) is 10.3 Å². The Morgan fingerprint density at radius 2 is 1.80 bits per heavy atom. The zero-order valence-corrected chi connectivity index (χ0v) is 14.0. The van der Waals surface area contributed by atoms with Gasteiger partial charge in [-0.3, -0.25) is 0 Å². The van der Waals surface area contributed by atoms with E-state index < -0.39 is 0 Å². The van der Waals surface area contributed by atoms with Gasteiger partial charge in [-0.2, -0.15) is 0 Å². The highest BCUT2D eigenvalue weighted by Gasteiger charge is 2.10. The van der Waals surface area contributed by atoms with E-state index in [1.807, 2.05) is 0 Å². The Balaban J connectivity index is 2.66. The SMILES string of the molecule is CCC(CC)CNc1cc(CNC(C)(C)C)cc(C)n1. The second kappa shape index (κ2) is 7.63. The maximum absolute atomic E-state index is 4.58. The lowest BCUT2D eigenvalue weighted by Gasteiger charge is -2.21. The van der Waals surface area contributed by atoms with Crippen LogP contribution in [0.3, 0.4) is 0 Å². The van der Waals surface area contributed by atoms with Crippen LogP contribution in [0.15, 0.2) is 12.1 Å². The molecule has 1 rings (SSSR count). The standard InChI is InChI=1S/C17H31N3/c1-7-14(8-2)11-18-16-10-15(9-13(3)20-16)12-19-17(4,5)6/h9-10,14,19H,7-8,11-12H2,1-6H3,(H,18,20). The first-order chi connectivity index (χ1) is 9.34. The van der Waals surface area contributed by atoms with Gasteiger partial charge in [-0.25, -0.2) is 4.98 Å². The van der Waals surface area contributed by atoms with Crippen molar-refractivity contribution in [3.8, 4) is 0 Å². The van der Waals surface area contributed by atoms with E-state index in [0.29, 0.717) is 0 Å². The van der Waals surface area contributed by atoms with E-state index in [2.05, 4.69) is 69.3 Å². The molecular formula is C17H31N3. The molecule has 1 heterocycles. The maximum atomic E-state index is 4.58. The molecule has 0 aromatic carbocycles. The summed E-state index contributed by atoms with van der Waals surface area (Å²) in [5.74, 6) is 1.73. The molecule has 0 radical (unpaired) electrons. The number of aryl methyl sites for hydroxylation is 1. The number of pyridine rings is 1. The van der Waals surface area contributed by atoms with Crippen LogP contribution in [-0.4, -0.2) is 17.1 Å². The molecule has 0 unspecified atom stereocenters. The molecule has 0 atom stereocenters. The smallest absolute Gasteiger partial charge is 0.126 e. The van der Waals surface area contributed by atoms with Crippen LogP contribution >= 0.6 is 0 Å². The van der Waals surface area contributed by atoms with Crippen LogP contribution < -0.4 is 10.6 Å². The summed E-state index contributed by atoms with van der Waals surface area (Å²) in [6.45, 7) is 15.0. The van der Waals surface area contributed by atoms with Crippen LogP contribution in [0.2, 0.25) is 0 Å². The van der Waals surface area contributed by atoms with Crippen LogP contribution in [-0.2, 0) is 6.54 Å². The molecule has 0 fully saturated rings. The van der Waals surface area contributed by atoms with Gasteiger partial charge in [0, 0.05) is 24.3 Å². The van der Waals surface area contributed by atoms with Gasteiger partial charge in [0.15, 0.2) is 0 Å². The Bertz CT molecular complexity index is 403. The Kier molecular flexibility index (Phi) is 6.47. The van der Waals surface area contributed by atoms with Crippen molar-refractivity contribution < 1.29 is 0 Å². The predicted octanol–water partition coefficient (Wildman–Crippen LogP) is 4.13. The Morgan fingerprint density at radius 3 is 2.35 bits per heavy atom. The summed E-state index contributed by atoms with van der Waals surface area (Å²) in [5, 5.41) is 7.01. The fourth-order valence-electron chi connectivity index (χ4n) is 2.13. The summed E-state index contributed by atoms with van der Waals surface area (Å²) in [5.41, 5.74) is 2.50. The molecule has 0 bridgehead atoms. The average Bonchev–Trinajstić information content (AvgIpc) is 2.36. The molecule has 0 saturated heterocycles. The molecular weight excluding hydrogens is 246 g/mol. The number of hydrogen-bond acceptors (Lipinski definition) is 3. The molecule has 1 aromatic heterocycles. The fourth-order valence-corrected chi connectivity index (χ4v) is 2.13. The summed E-state index contributed by atoms with van der Waals surface area (Å²) in [6.07, 6.45) is 2.43. The van der Waals surface area contributed by atoms with E-state index in [-0.39, 0.29) is 5.54 Å². The lowest BCUT2D eigenvalue weighted by molar-refractivity contribution is 0.424. The summed E-state index contributed by atoms with van der Waals surface area (Å²) >= 11 is 0. The summed E-state index contributed by atoms with van der Waals surface area (Å²) in [4.78, 5) is 4.58. The first kappa shape index (κ1) is 17.0. The van der Waals surface area contributed by atoms with Crippen LogP contribution in [0.5, 0.6) is 0 Å². The quantitative estimate of drug-likeness (QED) is 0.787. The first-order valence-electron chi connectivity index (χ1n) is 7.80. The first-order valence-corrected chi connectivity index (χ1v) is 7.80. The van der Waals surface area contributed by atoms with E-state index in [1.165, 1.54) is 18.4 Å². The number of aromatic nitrogens is 1. The van der Waals surface area contributed by atoms with E-state index in [1.54, 1.807) is 0 Å². The molecule has 0 saturated carbocycles. The molecule has 2 N–H and O–H groups in total. The number of anilines is 1.